The van der Waals surface area contributed by atoms with E-state index in [4.69, 9.17) is 9.72 Å². The maximum atomic E-state index is 12.9. The fourth-order valence-corrected chi connectivity index (χ4v) is 5.75. The predicted octanol–water partition coefficient (Wildman–Crippen LogP) is 4.32. The monoisotopic (exact) mass is 491 g/mol. The quantitative estimate of drug-likeness (QED) is 0.458. The van der Waals surface area contributed by atoms with Crippen LogP contribution in [-0.2, 0) is 35.2 Å². The number of aromatic nitrogens is 1. The minimum Gasteiger partial charge on any atom is -0.480 e. The van der Waals surface area contributed by atoms with Crippen LogP contribution in [0.2, 0.25) is 0 Å². The Balaban J connectivity index is 1.03. The molecule has 5 rings (SSSR count). The van der Waals surface area contributed by atoms with Gasteiger partial charge >= 0.3 is 5.97 Å². The van der Waals surface area contributed by atoms with Crippen LogP contribution in [0.25, 0.3) is 0 Å². The average Bonchev–Trinajstić information content (AvgIpc) is 2.88. The molecule has 7 nitrogen and oxygen atoms in total. The second kappa shape index (κ2) is 11.4. The highest BCUT2D eigenvalue weighted by molar-refractivity contribution is 5.98. The van der Waals surface area contributed by atoms with Gasteiger partial charge < -0.3 is 20.5 Å². The lowest BCUT2D eigenvalue weighted by Crippen LogP contribution is -2.42. The Morgan fingerprint density at radius 2 is 1.92 bits per heavy atom. The first-order valence-electron chi connectivity index (χ1n) is 13.6. The van der Waals surface area contributed by atoms with Gasteiger partial charge in [-0.3, -0.25) is 4.79 Å². The molecule has 1 amide bonds. The van der Waals surface area contributed by atoms with E-state index in [2.05, 4.69) is 28.8 Å². The van der Waals surface area contributed by atoms with Crippen LogP contribution < -0.4 is 10.6 Å². The molecule has 0 spiro atoms. The van der Waals surface area contributed by atoms with Crippen LogP contribution in [0.3, 0.4) is 0 Å². The largest absolute Gasteiger partial charge is 0.480 e. The summed E-state index contributed by atoms with van der Waals surface area (Å²) >= 11 is 0. The number of anilines is 1. The number of hydrogen-bond acceptors (Lipinski definition) is 5. The Labute approximate surface area is 213 Å². The van der Waals surface area contributed by atoms with Crippen molar-refractivity contribution in [2.45, 2.75) is 82.8 Å². The van der Waals surface area contributed by atoms with Gasteiger partial charge in [-0.15, -0.1) is 0 Å². The van der Waals surface area contributed by atoms with Crippen LogP contribution in [0.15, 0.2) is 30.3 Å². The van der Waals surface area contributed by atoms with Crippen LogP contribution in [0.1, 0.15) is 77.7 Å². The maximum absolute atomic E-state index is 12.9. The molecule has 1 fully saturated rings. The zero-order valence-electron chi connectivity index (χ0n) is 20.9. The molecule has 1 atom stereocenters. The Morgan fingerprint density at radius 3 is 2.78 bits per heavy atom. The topological polar surface area (TPSA) is 101 Å². The number of carboxylic acid groups (broad SMARTS) is 1. The summed E-state index contributed by atoms with van der Waals surface area (Å²) in [5, 5.41) is 15.8. The number of nitrogens with one attached hydrogen (secondary N) is 2. The zero-order chi connectivity index (χ0) is 24.9. The van der Waals surface area contributed by atoms with Gasteiger partial charge in [-0.25, -0.2) is 9.78 Å². The normalized spacial score (nSPS) is 21.3. The third-order valence-electron chi connectivity index (χ3n) is 7.96. The molecule has 2 aliphatic carbocycles. The lowest BCUT2D eigenvalue weighted by molar-refractivity contribution is -0.140. The Bertz CT molecular complexity index is 1100. The number of rotatable bonds is 10. The molecule has 0 saturated heterocycles. The number of carboxylic acids is 1. The number of pyridine rings is 1. The van der Waals surface area contributed by atoms with E-state index < -0.39 is 12.0 Å². The van der Waals surface area contributed by atoms with Crippen molar-refractivity contribution >= 4 is 17.7 Å². The molecule has 192 valence electrons. The van der Waals surface area contributed by atoms with Crippen LogP contribution in [0, 0.1) is 5.92 Å². The third-order valence-corrected chi connectivity index (χ3v) is 7.96. The molecular weight excluding hydrogens is 454 g/mol. The summed E-state index contributed by atoms with van der Waals surface area (Å²) in [5.41, 5.74) is 5.37. The SMILES string of the molecule is O=C(N[C@@H](CCOC1CC(CCc2ccc3c(n2)NCCC3)C1)C(=O)O)c1cccc2c1CCCC2. The van der Waals surface area contributed by atoms with Gasteiger partial charge in [-0.05, 0) is 98.9 Å². The first-order chi connectivity index (χ1) is 17.6. The molecule has 1 saturated carbocycles. The van der Waals surface area contributed by atoms with E-state index in [9.17, 15) is 14.7 Å². The van der Waals surface area contributed by atoms with Gasteiger partial charge in [0.25, 0.3) is 5.91 Å². The molecule has 2 heterocycles. The summed E-state index contributed by atoms with van der Waals surface area (Å²) in [6, 6.07) is 9.19. The molecule has 3 N–H and O–H groups in total. The van der Waals surface area contributed by atoms with Gasteiger partial charge in [0.2, 0.25) is 0 Å². The molecule has 0 radical (unpaired) electrons. The third kappa shape index (κ3) is 5.89. The van der Waals surface area contributed by atoms with E-state index in [1.807, 2.05) is 6.07 Å². The minimum absolute atomic E-state index is 0.180. The number of carbonyl (C=O) groups excluding carboxylic acids is 1. The molecule has 2 aromatic rings. The number of carbonyl (C=O) groups is 2. The molecule has 1 aromatic heterocycles. The molecule has 7 heteroatoms. The smallest absolute Gasteiger partial charge is 0.326 e. The lowest BCUT2D eigenvalue weighted by Gasteiger charge is -2.35. The molecule has 1 aromatic carbocycles. The summed E-state index contributed by atoms with van der Waals surface area (Å²) in [6.07, 6.45) is 10.9. The molecular formula is C29H37N3O4. The highest BCUT2D eigenvalue weighted by atomic mass is 16.5. The first-order valence-corrected chi connectivity index (χ1v) is 13.6. The first kappa shape index (κ1) is 24.8. The second-order valence-corrected chi connectivity index (χ2v) is 10.5. The molecule has 0 unspecified atom stereocenters. The van der Waals surface area contributed by atoms with Gasteiger partial charge in [0.05, 0.1) is 6.10 Å². The van der Waals surface area contributed by atoms with Crippen molar-refractivity contribution in [2.24, 2.45) is 5.92 Å². The number of benzene rings is 1. The maximum Gasteiger partial charge on any atom is 0.326 e. The van der Waals surface area contributed by atoms with Crippen LogP contribution >= 0.6 is 0 Å². The van der Waals surface area contributed by atoms with Crippen molar-refractivity contribution in [3.63, 3.8) is 0 Å². The predicted molar refractivity (Wildman–Crippen MR) is 138 cm³/mol. The zero-order valence-corrected chi connectivity index (χ0v) is 20.9. The number of hydrogen-bond donors (Lipinski definition) is 3. The van der Waals surface area contributed by atoms with Crippen molar-refractivity contribution < 1.29 is 19.4 Å². The van der Waals surface area contributed by atoms with Gasteiger partial charge in [0.15, 0.2) is 0 Å². The number of ether oxygens (including phenoxy) is 1. The van der Waals surface area contributed by atoms with Crippen molar-refractivity contribution in [1.82, 2.24) is 10.3 Å². The van der Waals surface area contributed by atoms with Crippen LogP contribution in [0.5, 0.6) is 0 Å². The standard InChI is InChI=1S/C29H37N3O4/c33-28(25-9-3-6-20-5-1-2-8-24(20)25)32-26(29(34)35)14-16-36-23-17-19(18-23)10-12-22-13-11-21-7-4-15-30-27(21)31-22/h3,6,9,11,13,19,23,26H,1-2,4-5,7-8,10,12,14-18H2,(H,30,31)(H,32,33)(H,34,35)/t19?,23?,26-/m0/s1. The average molecular weight is 492 g/mol. The number of aryl methyl sites for hydroxylation is 3. The highest BCUT2D eigenvalue weighted by Gasteiger charge is 2.30. The molecule has 1 aliphatic heterocycles. The van der Waals surface area contributed by atoms with E-state index in [-0.39, 0.29) is 18.4 Å². The van der Waals surface area contributed by atoms with E-state index in [0.29, 0.717) is 18.1 Å². The van der Waals surface area contributed by atoms with Gasteiger partial charge in [-0.2, -0.15) is 0 Å². The molecule has 3 aliphatic rings. The summed E-state index contributed by atoms with van der Waals surface area (Å²) in [4.78, 5) is 29.5. The van der Waals surface area contributed by atoms with E-state index in [1.54, 1.807) is 6.07 Å². The lowest BCUT2D eigenvalue weighted by atomic mass is 9.79. The summed E-state index contributed by atoms with van der Waals surface area (Å²) in [6.45, 7) is 1.34. The summed E-state index contributed by atoms with van der Waals surface area (Å²) < 4.78 is 5.95. The molecule has 36 heavy (non-hydrogen) atoms. The Hall–Kier alpha value is -2.93. The van der Waals surface area contributed by atoms with Gasteiger partial charge in [0.1, 0.15) is 11.9 Å². The number of aliphatic carboxylic acids is 1. The van der Waals surface area contributed by atoms with Gasteiger partial charge in [-0.1, -0.05) is 18.2 Å². The Morgan fingerprint density at radius 1 is 1.08 bits per heavy atom. The summed E-state index contributed by atoms with van der Waals surface area (Å²) in [5.74, 6) is 0.368. The highest BCUT2D eigenvalue weighted by Crippen LogP contribution is 2.34. The van der Waals surface area contributed by atoms with E-state index in [1.165, 1.54) is 17.5 Å². The van der Waals surface area contributed by atoms with Crippen LogP contribution in [-0.4, -0.2) is 47.3 Å². The molecule has 0 bridgehead atoms. The van der Waals surface area contributed by atoms with E-state index in [0.717, 1.165) is 81.4 Å². The van der Waals surface area contributed by atoms with Crippen LogP contribution in [0.4, 0.5) is 5.82 Å². The van der Waals surface area contributed by atoms with E-state index >= 15 is 0 Å². The number of nitrogens with zero attached hydrogens (tertiary/aromatic N) is 1. The van der Waals surface area contributed by atoms with Crippen molar-refractivity contribution in [3.05, 3.63) is 58.3 Å². The summed E-state index contributed by atoms with van der Waals surface area (Å²) in [7, 11) is 0. The number of amides is 1. The fourth-order valence-electron chi connectivity index (χ4n) is 5.75. The van der Waals surface area contributed by atoms with Crippen molar-refractivity contribution in [2.75, 3.05) is 18.5 Å². The minimum atomic E-state index is -1.02. The second-order valence-electron chi connectivity index (χ2n) is 10.5. The van der Waals surface area contributed by atoms with Crippen molar-refractivity contribution in [3.8, 4) is 0 Å². The van der Waals surface area contributed by atoms with Gasteiger partial charge in [0, 0.05) is 30.8 Å². The Kier molecular flexibility index (Phi) is 7.85. The fraction of sp³-hybridized carbons (Fsp3) is 0.552. The van der Waals surface area contributed by atoms with Crippen molar-refractivity contribution in [1.29, 1.82) is 0 Å². The number of fused-ring (bicyclic) bond motifs is 2.